The first-order valence-corrected chi connectivity index (χ1v) is 6.71. The number of rotatable bonds is 5. The maximum atomic E-state index is 12.2. The Balaban J connectivity index is 2.72. The summed E-state index contributed by atoms with van der Waals surface area (Å²) in [5.74, 6) is 0.751. The number of nitrogens with zero attached hydrogens (tertiary/aromatic N) is 1. The van der Waals surface area contributed by atoms with E-state index in [1.54, 1.807) is 0 Å². The van der Waals surface area contributed by atoms with Crippen LogP contribution in [0.1, 0.15) is 31.1 Å². The highest BCUT2D eigenvalue weighted by atomic mass is 79.9. The molecule has 1 aromatic rings. The Morgan fingerprint density at radius 3 is 2.24 bits per heavy atom. The summed E-state index contributed by atoms with van der Waals surface area (Å²) in [7, 11) is 2.00. The molecule has 1 atom stereocenters. The van der Waals surface area contributed by atoms with Crippen LogP contribution in [0.3, 0.4) is 0 Å². The minimum Gasteiger partial charge on any atom is -0.296 e. The fourth-order valence-electron chi connectivity index (χ4n) is 1.79. The van der Waals surface area contributed by atoms with Gasteiger partial charge in [-0.05, 0) is 32.0 Å². The Hall–Kier alpha value is -0.670. The van der Waals surface area contributed by atoms with Crippen LogP contribution in [0, 0.1) is 5.92 Å². The van der Waals surface area contributed by atoms with Gasteiger partial charge in [0.1, 0.15) is 0 Å². The molecule has 0 aromatic heterocycles. The zero-order chi connectivity index (χ0) is 13.0. The number of carbonyl (C=O) groups excluding carboxylic acids is 1. The predicted molar refractivity (Wildman–Crippen MR) is 75.4 cm³/mol. The van der Waals surface area contributed by atoms with E-state index in [-0.39, 0.29) is 11.8 Å². The minimum absolute atomic E-state index is 0.0708. The van der Waals surface area contributed by atoms with E-state index in [0.717, 1.165) is 16.6 Å². The number of hydrogen-bond acceptors (Lipinski definition) is 2. The van der Waals surface area contributed by atoms with Crippen molar-refractivity contribution in [3.05, 3.63) is 34.3 Å². The fraction of sp³-hybridized carbons (Fsp3) is 0.500. The maximum Gasteiger partial charge on any atom is 0.179 e. The normalized spacial score (nSPS) is 13.1. The van der Waals surface area contributed by atoms with Crippen LogP contribution in [0.4, 0.5) is 0 Å². The van der Waals surface area contributed by atoms with Gasteiger partial charge in [0.25, 0.3) is 0 Å². The standard InChI is InChI=1S/C14H20BrNO/c1-10(2)9-16(4)11(3)14(17)12-5-7-13(15)8-6-12/h5-8,10-11H,9H2,1-4H3. The summed E-state index contributed by atoms with van der Waals surface area (Å²) in [5.41, 5.74) is 0.774. The van der Waals surface area contributed by atoms with Gasteiger partial charge in [-0.25, -0.2) is 0 Å². The smallest absolute Gasteiger partial charge is 0.179 e. The van der Waals surface area contributed by atoms with Crippen molar-refractivity contribution in [1.82, 2.24) is 4.90 Å². The summed E-state index contributed by atoms with van der Waals surface area (Å²) >= 11 is 3.37. The molecule has 3 heteroatoms. The average Bonchev–Trinajstić information content (AvgIpc) is 2.27. The summed E-state index contributed by atoms with van der Waals surface area (Å²) in [5, 5.41) is 0. The van der Waals surface area contributed by atoms with Crippen molar-refractivity contribution in [3.8, 4) is 0 Å². The molecule has 0 spiro atoms. The molecule has 2 nitrogen and oxygen atoms in total. The average molecular weight is 298 g/mol. The molecular formula is C14H20BrNO. The number of ketones is 1. The number of Topliss-reactive ketones (excluding diaryl/α,β-unsaturated/α-hetero) is 1. The molecule has 0 heterocycles. The topological polar surface area (TPSA) is 20.3 Å². The summed E-state index contributed by atoms with van der Waals surface area (Å²) in [6.45, 7) is 7.22. The molecule has 0 fully saturated rings. The molecule has 0 amide bonds. The number of halogens is 1. The van der Waals surface area contributed by atoms with E-state index < -0.39 is 0 Å². The summed E-state index contributed by atoms with van der Waals surface area (Å²) in [6.07, 6.45) is 0. The maximum absolute atomic E-state index is 12.2. The van der Waals surface area contributed by atoms with Gasteiger partial charge in [0.2, 0.25) is 0 Å². The number of carbonyl (C=O) groups is 1. The van der Waals surface area contributed by atoms with Gasteiger partial charge in [0, 0.05) is 16.6 Å². The molecule has 0 aliphatic carbocycles. The number of benzene rings is 1. The first-order valence-electron chi connectivity index (χ1n) is 5.92. The molecule has 1 rings (SSSR count). The zero-order valence-corrected chi connectivity index (χ0v) is 12.5. The highest BCUT2D eigenvalue weighted by Gasteiger charge is 2.19. The summed E-state index contributed by atoms with van der Waals surface area (Å²) in [6, 6.07) is 7.47. The van der Waals surface area contributed by atoms with E-state index in [4.69, 9.17) is 0 Å². The molecule has 1 unspecified atom stereocenters. The van der Waals surface area contributed by atoms with Crippen molar-refractivity contribution < 1.29 is 4.79 Å². The largest absolute Gasteiger partial charge is 0.296 e. The lowest BCUT2D eigenvalue weighted by molar-refractivity contribution is 0.0857. The van der Waals surface area contributed by atoms with E-state index in [9.17, 15) is 4.79 Å². The summed E-state index contributed by atoms with van der Waals surface area (Å²) < 4.78 is 0.997. The van der Waals surface area contributed by atoms with Crippen LogP contribution >= 0.6 is 15.9 Å². The molecule has 0 saturated heterocycles. The number of hydrogen-bond donors (Lipinski definition) is 0. The molecule has 0 bridgehead atoms. The fourth-order valence-corrected chi connectivity index (χ4v) is 2.05. The molecular weight excluding hydrogens is 278 g/mol. The van der Waals surface area contributed by atoms with Gasteiger partial charge in [0.05, 0.1) is 6.04 Å². The second-order valence-corrected chi connectivity index (χ2v) is 5.80. The van der Waals surface area contributed by atoms with Gasteiger partial charge < -0.3 is 0 Å². The lowest BCUT2D eigenvalue weighted by Gasteiger charge is -2.25. The minimum atomic E-state index is -0.0708. The molecule has 17 heavy (non-hydrogen) atoms. The van der Waals surface area contributed by atoms with Crippen molar-refractivity contribution in [1.29, 1.82) is 0 Å². The van der Waals surface area contributed by atoms with E-state index >= 15 is 0 Å². The molecule has 0 saturated carbocycles. The Kier molecular flexibility index (Phi) is 5.34. The molecule has 0 aliphatic rings. The van der Waals surface area contributed by atoms with Crippen molar-refractivity contribution in [3.63, 3.8) is 0 Å². The lowest BCUT2D eigenvalue weighted by Crippen LogP contribution is -2.38. The van der Waals surface area contributed by atoms with E-state index in [2.05, 4.69) is 34.7 Å². The van der Waals surface area contributed by atoms with E-state index in [1.807, 2.05) is 38.2 Å². The Labute approximate surface area is 112 Å². The zero-order valence-electron chi connectivity index (χ0n) is 10.9. The summed E-state index contributed by atoms with van der Waals surface area (Å²) in [4.78, 5) is 14.3. The first-order chi connectivity index (χ1) is 7.91. The van der Waals surface area contributed by atoms with Gasteiger partial charge in [-0.3, -0.25) is 9.69 Å². The Morgan fingerprint density at radius 2 is 1.76 bits per heavy atom. The van der Waals surface area contributed by atoms with Gasteiger partial charge >= 0.3 is 0 Å². The van der Waals surface area contributed by atoms with Crippen LogP contribution in [0.5, 0.6) is 0 Å². The van der Waals surface area contributed by atoms with Gasteiger partial charge in [0.15, 0.2) is 5.78 Å². The van der Waals surface area contributed by atoms with Crippen LogP contribution in [0.15, 0.2) is 28.7 Å². The van der Waals surface area contributed by atoms with Crippen LogP contribution in [-0.2, 0) is 0 Å². The first kappa shape index (κ1) is 14.4. The molecule has 0 radical (unpaired) electrons. The van der Waals surface area contributed by atoms with Crippen LogP contribution in [-0.4, -0.2) is 30.3 Å². The highest BCUT2D eigenvalue weighted by Crippen LogP contribution is 2.14. The SMILES string of the molecule is CC(C)CN(C)C(C)C(=O)c1ccc(Br)cc1. The van der Waals surface area contributed by atoms with Crippen molar-refractivity contribution in [2.75, 3.05) is 13.6 Å². The molecule has 1 aromatic carbocycles. The molecule has 0 N–H and O–H groups in total. The van der Waals surface area contributed by atoms with Gasteiger partial charge in [-0.1, -0.05) is 41.9 Å². The Bertz CT molecular complexity index is 372. The quantitative estimate of drug-likeness (QED) is 0.774. The third-order valence-corrected chi connectivity index (χ3v) is 3.35. The van der Waals surface area contributed by atoms with Crippen LogP contribution < -0.4 is 0 Å². The molecule has 0 aliphatic heterocycles. The van der Waals surface area contributed by atoms with Gasteiger partial charge in [-0.15, -0.1) is 0 Å². The van der Waals surface area contributed by atoms with Crippen molar-refractivity contribution in [2.45, 2.75) is 26.8 Å². The van der Waals surface area contributed by atoms with Gasteiger partial charge in [-0.2, -0.15) is 0 Å². The van der Waals surface area contributed by atoms with Crippen molar-refractivity contribution >= 4 is 21.7 Å². The monoisotopic (exact) mass is 297 g/mol. The third-order valence-electron chi connectivity index (χ3n) is 2.82. The Morgan fingerprint density at radius 1 is 1.24 bits per heavy atom. The third kappa shape index (κ3) is 4.25. The van der Waals surface area contributed by atoms with Crippen LogP contribution in [0.2, 0.25) is 0 Å². The predicted octanol–water partition coefficient (Wildman–Crippen LogP) is 3.61. The second kappa shape index (κ2) is 6.31. The lowest BCUT2D eigenvalue weighted by atomic mass is 10.0. The second-order valence-electron chi connectivity index (χ2n) is 4.88. The van der Waals surface area contributed by atoms with Crippen LogP contribution in [0.25, 0.3) is 0 Å². The van der Waals surface area contributed by atoms with Crippen molar-refractivity contribution in [2.24, 2.45) is 5.92 Å². The highest BCUT2D eigenvalue weighted by molar-refractivity contribution is 9.10. The molecule has 94 valence electrons. The van der Waals surface area contributed by atoms with E-state index in [0.29, 0.717) is 5.92 Å². The number of likely N-dealkylation sites (N-methyl/N-ethyl adjacent to an activating group) is 1. The van der Waals surface area contributed by atoms with E-state index in [1.165, 1.54) is 0 Å².